The third kappa shape index (κ3) is 1.83. The van der Waals surface area contributed by atoms with Crippen LogP contribution in [0, 0.1) is 5.82 Å². The first-order valence-corrected chi connectivity index (χ1v) is 4.89. The zero-order valence-electron chi connectivity index (χ0n) is 8.44. The van der Waals surface area contributed by atoms with Crippen LogP contribution in [0.1, 0.15) is 24.7 Å². The van der Waals surface area contributed by atoms with Gasteiger partial charge >= 0.3 is 0 Å². The summed E-state index contributed by atoms with van der Waals surface area (Å²) >= 11 is 0. The molecule has 0 amide bonds. The van der Waals surface area contributed by atoms with Gasteiger partial charge < -0.3 is 5.11 Å². The van der Waals surface area contributed by atoms with E-state index in [0.717, 1.165) is 18.4 Å². The molecule has 15 heavy (non-hydrogen) atoms. The highest BCUT2D eigenvalue weighted by Crippen LogP contribution is 2.12. The minimum Gasteiger partial charge on any atom is -0.388 e. The third-order valence-corrected chi connectivity index (χ3v) is 2.17. The molecular formula is C10H12FN3O. The van der Waals surface area contributed by atoms with Crippen LogP contribution in [-0.4, -0.2) is 19.7 Å². The predicted molar refractivity (Wildman–Crippen MR) is 52.9 cm³/mol. The van der Waals surface area contributed by atoms with Crippen molar-refractivity contribution in [3.63, 3.8) is 0 Å². The van der Waals surface area contributed by atoms with Gasteiger partial charge in [0.25, 0.3) is 0 Å². The number of hydrogen-bond donors (Lipinski definition) is 1. The Hall–Kier alpha value is -1.49. The molecule has 0 aliphatic rings. The van der Waals surface area contributed by atoms with E-state index >= 15 is 0 Å². The van der Waals surface area contributed by atoms with Gasteiger partial charge in [0.1, 0.15) is 6.61 Å². The zero-order valence-corrected chi connectivity index (χ0v) is 8.44. The van der Waals surface area contributed by atoms with Crippen molar-refractivity contribution < 1.29 is 9.50 Å². The summed E-state index contributed by atoms with van der Waals surface area (Å²) in [5.74, 6) is -0.157. The molecule has 0 bridgehead atoms. The summed E-state index contributed by atoms with van der Waals surface area (Å²) in [6.07, 6.45) is 3.50. The number of aryl methyl sites for hydroxylation is 1. The Balaban J connectivity index is 2.54. The van der Waals surface area contributed by atoms with Gasteiger partial charge in [-0.3, -0.25) is 0 Å². The molecule has 0 aliphatic carbocycles. The van der Waals surface area contributed by atoms with Gasteiger partial charge in [-0.2, -0.15) is 0 Å². The summed E-state index contributed by atoms with van der Waals surface area (Å²) in [5, 5.41) is 12.8. The molecule has 80 valence electrons. The van der Waals surface area contributed by atoms with Gasteiger partial charge in [-0.25, -0.2) is 13.9 Å². The average Bonchev–Trinajstić information content (AvgIpc) is 2.62. The Labute approximate surface area is 86.4 Å². The number of rotatable bonds is 3. The van der Waals surface area contributed by atoms with Crippen LogP contribution in [-0.2, 0) is 13.0 Å². The number of pyridine rings is 1. The quantitative estimate of drug-likeness (QED) is 0.829. The number of fused-ring (bicyclic) bond motifs is 1. The van der Waals surface area contributed by atoms with E-state index in [1.807, 2.05) is 6.92 Å². The van der Waals surface area contributed by atoms with Gasteiger partial charge in [0.05, 0.1) is 0 Å². The first-order chi connectivity index (χ1) is 7.24. The minimum atomic E-state index is -0.395. The molecule has 5 heteroatoms. The first-order valence-electron chi connectivity index (χ1n) is 4.89. The maximum absolute atomic E-state index is 13.5. The Morgan fingerprint density at radius 1 is 1.53 bits per heavy atom. The third-order valence-electron chi connectivity index (χ3n) is 2.17. The fraction of sp³-hybridized carbons (Fsp3) is 0.400. The molecule has 0 aromatic carbocycles. The van der Waals surface area contributed by atoms with Crippen LogP contribution in [0.15, 0.2) is 12.3 Å². The molecule has 2 aromatic rings. The normalized spacial score (nSPS) is 11.1. The Bertz CT molecular complexity index is 481. The molecule has 0 aliphatic heterocycles. The summed E-state index contributed by atoms with van der Waals surface area (Å²) < 4.78 is 14.9. The molecule has 1 N–H and O–H groups in total. The molecule has 0 atom stereocenters. The van der Waals surface area contributed by atoms with Crippen molar-refractivity contribution >= 4 is 5.65 Å². The van der Waals surface area contributed by atoms with E-state index in [2.05, 4.69) is 10.1 Å². The maximum Gasteiger partial charge on any atom is 0.191 e. The fourth-order valence-corrected chi connectivity index (χ4v) is 1.53. The van der Waals surface area contributed by atoms with Crippen molar-refractivity contribution in [2.45, 2.75) is 26.4 Å². The van der Waals surface area contributed by atoms with E-state index in [-0.39, 0.29) is 18.1 Å². The number of nitrogens with zero attached hydrogens (tertiary/aromatic N) is 3. The molecule has 2 aromatic heterocycles. The van der Waals surface area contributed by atoms with E-state index < -0.39 is 5.82 Å². The van der Waals surface area contributed by atoms with Gasteiger partial charge in [-0.15, -0.1) is 5.10 Å². The van der Waals surface area contributed by atoms with Crippen LogP contribution < -0.4 is 0 Å². The Morgan fingerprint density at radius 2 is 2.33 bits per heavy atom. The molecule has 0 saturated carbocycles. The summed E-state index contributed by atoms with van der Waals surface area (Å²) in [4.78, 5) is 3.86. The van der Waals surface area contributed by atoms with Crippen molar-refractivity contribution in [2.24, 2.45) is 0 Å². The van der Waals surface area contributed by atoms with Crippen LogP contribution in [0.2, 0.25) is 0 Å². The van der Waals surface area contributed by atoms with Gasteiger partial charge in [0, 0.05) is 6.20 Å². The monoisotopic (exact) mass is 209 g/mol. The van der Waals surface area contributed by atoms with Gasteiger partial charge in [0.2, 0.25) is 0 Å². The summed E-state index contributed by atoms with van der Waals surface area (Å²) in [5.41, 5.74) is 1.05. The van der Waals surface area contributed by atoms with E-state index in [1.54, 1.807) is 6.20 Å². The minimum absolute atomic E-state index is 0.166. The van der Waals surface area contributed by atoms with Crippen LogP contribution in [0.3, 0.4) is 0 Å². The summed E-state index contributed by atoms with van der Waals surface area (Å²) in [7, 11) is 0. The second-order valence-electron chi connectivity index (χ2n) is 3.40. The SMILES string of the molecule is CCCc1cc(F)c2nc(CO)nn2c1. The molecular weight excluding hydrogens is 197 g/mol. The second kappa shape index (κ2) is 3.94. The molecule has 0 radical (unpaired) electrons. The van der Waals surface area contributed by atoms with Crippen molar-refractivity contribution in [2.75, 3.05) is 0 Å². The molecule has 2 heterocycles. The van der Waals surface area contributed by atoms with Gasteiger partial charge in [-0.1, -0.05) is 13.3 Å². The topological polar surface area (TPSA) is 50.4 Å². The van der Waals surface area contributed by atoms with Crippen LogP contribution in [0.25, 0.3) is 5.65 Å². The van der Waals surface area contributed by atoms with Crippen molar-refractivity contribution in [1.29, 1.82) is 0 Å². The zero-order chi connectivity index (χ0) is 10.8. The standard InChI is InChI=1S/C10H12FN3O/c1-2-3-7-4-8(11)10-12-9(6-15)13-14(10)5-7/h4-5,15H,2-3,6H2,1H3. The number of aliphatic hydroxyl groups excluding tert-OH is 1. The lowest BCUT2D eigenvalue weighted by molar-refractivity contribution is 0.271. The number of halogens is 1. The lowest BCUT2D eigenvalue weighted by Crippen LogP contribution is -1.95. The van der Waals surface area contributed by atoms with Crippen LogP contribution in [0.5, 0.6) is 0 Å². The predicted octanol–water partition coefficient (Wildman–Crippen LogP) is 1.31. The van der Waals surface area contributed by atoms with Gasteiger partial charge in [-0.05, 0) is 18.1 Å². The fourth-order valence-electron chi connectivity index (χ4n) is 1.53. The molecule has 0 saturated heterocycles. The summed E-state index contributed by atoms with van der Waals surface area (Å²) in [6, 6.07) is 1.47. The first kappa shape index (κ1) is 10.0. The van der Waals surface area contributed by atoms with E-state index in [0.29, 0.717) is 0 Å². The van der Waals surface area contributed by atoms with E-state index in [9.17, 15) is 4.39 Å². The molecule has 0 fully saturated rings. The van der Waals surface area contributed by atoms with Gasteiger partial charge in [0.15, 0.2) is 17.3 Å². The van der Waals surface area contributed by atoms with Crippen LogP contribution in [0.4, 0.5) is 4.39 Å². The number of aromatic nitrogens is 3. The van der Waals surface area contributed by atoms with Crippen molar-refractivity contribution in [1.82, 2.24) is 14.6 Å². The Morgan fingerprint density at radius 3 is 3.00 bits per heavy atom. The molecule has 2 rings (SSSR count). The van der Waals surface area contributed by atoms with Crippen LogP contribution >= 0.6 is 0 Å². The lowest BCUT2D eigenvalue weighted by Gasteiger charge is -1.99. The highest BCUT2D eigenvalue weighted by Gasteiger charge is 2.08. The highest BCUT2D eigenvalue weighted by molar-refractivity contribution is 5.40. The smallest absolute Gasteiger partial charge is 0.191 e. The maximum atomic E-state index is 13.5. The molecule has 0 unspecified atom stereocenters. The summed E-state index contributed by atoms with van der Waals surface area (Å²) in [6.45, 7) is 1.76. The Kier molecular flexibility index (Phi) is 2.64. The highest BCUT2D eigenvalue weighted by atomic mass is 19.1. The van der Waals surface area contributed by atoms with Crippen molar-refractivity contribution in [3.8, 4) is 0 Å². The molecule has 4 nitrogen and oxygen atoms in total. The second-order valence-corrected chi connectivity index (χ2v) is 3.40. The average molecular weight is 209 g/mol. The van der Waals surface area contributed by atoms with E-state index in [4.69, 9.17) is 5.11 Å². The lowest BCUT2D eigenvalue weighted by atomic mass is 10.2. The molecule has 0 spiro atoms. The number of aliphatic hydroxyl groups is 1. The van der Waals surface area contributed by atoms with E-state index in [1.165, 1.54) is 10.6 Å². The van der Waals surface area contributed by atoms with Crippen molar-refractivity contribution in [3.05, 3.63) is 29.5 Å². The largest absolute Gasteiger partial charge is 0.388 e. The number of hydrogen-bond acceptors (Lipinski definition) is 3.